The molecule has 0 fully saturated rings. The summed E-state index contributed by atoms with van der Waals surface area (Å²) in [5, 5.41) is 10.9. The summed E-state index contributed by atoms with van der Waals surface area (Å²) >= 11 is 5.84. The largest absolute Gasteiger partial charge is 0.389 e. The van der Waals surface area contributed by atoms with Gasteiger partial charge in [0.15, 0.2) is 0 Å². The smallest absolute Gasteiger partial charge is 0.101 e. The van der Waals surface area contributed by atoms with Crippen molar-refractivity contribution >= 4 is 11.6 Å². The van der Waals surface area contributed by atoms with Crippen LogP contribution < -0.4 is 0 Å². The second-order valence-corrected chi connectivity index (χ2v) is 5.85. The molecule has 0 amide bonds. The lowest BCUT2D eigenvalue weighted by atomic mass is 9.97. The van der Waals surface area contributed by atoms with Crippen LogP contribution in [-0.2, 0) is 16.1 Å². The van der Waals surface area contributed by atoms with Crippen LogP contribution in [0.25, 0.3) is 0 Å². The minimum absolute atomic E-state index is 0.0397. The summed E-state index contributed by atoms with van der Waals surface area (Å²) in [4.78, 5) is 0. The highest BCUT2D eigenvalue weighted by atomic mass is 35.5. The molecule has 0 aliphatic rings. The number of benzene rings is 1. The molecule has 22 heavy (non-hydrogen) atoms. The van der Waals surface area contributed by atoms with Crippen molar-refractivity contribution in [1.29, 1.82) is 0 Å². The average molecular weight is 325 g/mol. The summed E-state index contributed by atoms with van der Waals surface area (Å²) < 4.78 is 10.8. The molecule has 1 aromatic rings. The van der Waals surface area contributed by atoms with E-state index in [4.69, 9.17) is 21.1 Å². The predicted molar refractivity (Wildman–Crippen MR) is 91.0 cm³/mol. The first-order valence-corrected chi connectivity index (χ1v) is 7.68. The number of ether oxygens (including phenoxy) is 2. The van der Waals surface area contributed by atoms with Crippen molar-refractivity contribution in [2.75, 3.05) is 13.7 Å². The Hall–Kier alpha value is -1.13. The molecule has 1 rings (SSSR count). The third-order valence-electron chi connectivity index (χ3n) is 3.44. The van der Waals surface area contributed by atoms with Crippen molar-refractivity contribution < 1.29 is 14.6 Å². The molecule has 1 aromatic carbocycles. The number of aliphatic hydroxyl groups is 1. The minimum atomic E-state index is -0.617. The number of hydrogen-bond donors (Lipinski definition) is 1. The van der Waals surface area contributed by atoms with E-state index in [-0.39, 0.29) is 12.0 Å². The van der Waals surface area contributed by atoms with Crippen molar-refractivity contribution in [2.45, 2.75) is 32.7 Å². The quantitative estimate of drug-likeness (QED) is 0.698. The maximum Gasteiger partial charge on any atom is 0.101 e. The van der Waals surface area contributed by atoms with Gasteiger partial charge in [-0.05, 0) is 24.6 Å². The molecular formula is C18H25ClO3. The topological polar surface area (TPSA) is 38.7 Å². The molecule has 0 radical (unpaired) electrons. The molecule has 1 N–H and O–H groups in total. The maximum absolute atomic E-state index is 10.2. The molecular weight excluding hydrogens is 300 g/mol. The lowest BCUT2D eigenvalue weighted by Gasteiger charge is -2.22. The summed E-state index contributed by atoms with van der Waals surface area (Å²) in [7, 11) is 1.56. The fraction of sp³-hybridized carbons (Fsp3) is 0.444. The Morgan fingerprint density at radius 3 is 2.55 bits per heavy atom. The fourth-order valence-corrected chi connectivity index (χ4v) is 2.31. The van der Waals surface area contributed by atoms with Crippen LogP contribution >= 0.6 is 11.6 Å². The molecule has 3 atom stereocenters. The molecule has 122 valence electrons. The van der Waals surface area contributed by atoms with Gasteiger partial charge in [-0.1, -0.05) is 48.4 Å². The maximum atomic E-state index is 10.2. The van der Waals surface area contributed by atoms with E-state index in [1.807, 2.05) is 44.2 Å². The highest BCUT2D eigenvalue weighted by Crippen LogP contribution is 2.15. The highest BCUT2D eigenvalue weighted by Gasteiger charge is 2.20. The Bertz CT molecular complexity index is 482. The average Bonchev–Trinajstić information content (AvgIpc) is 2.50. The summed E-state index contributed by atoms with van der Waals surface area (Å²) in [5.41, 5.74) is 2.15. The van der Waals surface area contributed by atoms with Gasteiger partial charge in [0, 0.05) is 18.1 Å². The molecule has 3 nitrogen and oxygen atoms in total. The van der Waals surface area contributed by atoms with Crippen LogP contribution in [0.4, 0.5) is 0 Å². The van der Waals surface area contributed by atoms with E-state index < -0.39 is 6.10 Å². The van der Waals surface area contributed by atoms with Crippen molar-refractivity contribution in [2.24, 2.45) is 5.92 Å². The van der Waals surface area contributed by atoms with Gasteiger partial charge >= 0.3 is 0 Å². The number of hydrogen-bond acceptors (Lipinski definition) is 3. The Kier molecular flexibility index (Phi) is 8.43. The van der Waals surface area contributed by atoms with Crippen molar-refractivity contribution in [3.8, 4) is 0 Å². The van der Waals surface area contributed by atoms with Crippen LogP contribution in [0.2, 0.25) is 5.02 Å². The van der Waals surface area contributed by atoms with Gasteiger partial charge in [-0.25, -0.2) is 0 Å². The minimum Gasteiger partial charge on any atom is -0.389 e. The molecule has 0 aromatic heterocycles. The van der Waals surface area contributed by atoms with Gasteiger partial charge in [0.2, 0.25) is 0 Å². The first-order chi connectivity index (χ1) is 10.5. The van der Waals surface area contributed by atoms with Crippen LogP contribution in [0.15, 0.2) is 48.6 Å². The highest BCUT2D eigenvalue weighted by molar-refractivity contribution is 6.30. The molecule has 0 aliphatic carbocycles. The van der Waals surface area contributed by atoms with Crippen LogP contribution in [-0.4, -0.2) is 31.0 Å². The third-order valence-corrected chi connectivity index (χ3v) is 3.69. The van der Waals surface area contributed by atoms with E-state index in [1.165, 1.54) is 0 Å². The van der Waals surface area contributed by atoms with E-state index in [2.05, 4.69) is 6.58 Å². The van der Waals surface area contributed by atoms with Gasteiger partial charge in [-0.15, -0.1) is 6.58 Å². The number of rotatable bonds is 9. The molecule has 0 heterocycles. The molecule has 0 unspecified atom stereocenters. The van der Waals surface area contributed by atoms with Gasteiger partial charge in [0.1, 0.15) is 6.10 Å². The van der Waals surface area contributed by atoms with Crippen molar-refractivity contribution in [1.82, 2.24) is 0 Å². The predicted octanol–water partition coefficient (Wildman–Crippen LogP) is 4.00. The number of halogens is 1. The van der Waals surface area contributed by atoms with Crippen LogP contribution in [0.1, 0.15) is 19.4 Å². The SMILES string of the molecule is C=C[C@H](OC)[C@@H](O)[C@H](C)/C=C(/C)COCc1ccc(Cl)cc1. The standard InChI is InChI=1S/C18H25ClO3/c1-5-17(21-4)18(20)14(3)10-13(2)11-22-12-15-6-8-16(19)9-7-15/h5-10,14,17-18,20H,1,11-12H2,2-4H3/b13-10-/t14-,17+,18+/m1/s1. The zero-order valence-corrected chi connectivity index (χ0v) is 14.2. The van der Waals surface area contributed by atoms with E-state index in [1.54, 1.807) is 13.2 Å². The Morgan fingerprint density at radius 1 is 1.36 bits per heavy atom. The van der Waals surface area contributed by atoms with Crippen LogP contribution in [0.3, 0.4) is 0 Å². The Labute approximate surface area is 138 Å². The lowest BCUT2D eigenvalue weighted by molar-refractivity contribution is -0.00171. The van der Waals surface area contributed by atoms with E-state index >= 15 is 0 Å². The van der Waals surface area contributed by atoms with E-state index in [9.17, 15) is 5.11 Å². The van der Waals surface area contributed by atoms with Crippen molar-refractivity contribution in [3.63, 3.8) is 0 Å². The second-order valence-electron chi connectivity index (χ2n) is 5.42. The molecule has 0 bridgehead atoms. The second kappa shape index (κ2) is 9.80. The van der Waals surface area contributed by atoms with Gasteiger partial charge < -0.3 is 14.6 Å². The van der Waals surface area contributed by atoms with Gasteiger partial charge in [0.25, 0.3) is 0 Å². The van der Waals surface area contributed by atoms with Gasteiger partial charge in [0.05, 0.1) is 19.3 Å². The van der Waals surface area contributed by atoms with Crippen LogP contribution in [0, 0.1) is 5.92 Å². The Balaban J connectivity index is 2.44. The normalized spacial score (nSPS) is 16.1. The van der Waals surface area contributed by atoms with Gasteiger partial charge in [-0.3, -0.25) is 0 Å². The molecule has 0 saturated heterocycles. The van der Waals surface area contributed by atoms with Gasteiger partial charge in [-0.2, -0.15) is 0 Å². The van der Waals surface area contributed by atoms with E-state index in [0.29, 0.717) is 13.2 Å². The number of methoxy groups -OCH3 is 1. The molecule has 0 aliphatic heterocycles. The zero-order chi connectivity index (χ0) is 16.5. The summed E-state index contributed by atoms with van der Waals surface area (Å²) in [6.07, 6.45) is 2.63. The molecule has 0 spiro atoms. The zero-order valence-electron chi connectivity index (χ0n) is 13.5. The third kappa shape index (κ3) is 6.32. The summed E-state index contributed by atoms with van der Waals surface area (Å²) in [5.74, 6) is -0.0397. The molecule has 0 saturated carbocycles. The summed E-state index contributed by atoms with van der Waals surface area (Å²) in [6.45, 7) is 8.65. The lowest BCUT2D eigenvalue weighted by Crippen LogP contribution is -2.31. The molecule has 4 heteroatoms. The fourth-order valence-electron chi connectivity index (χ4n) is 2.18. The van der Waals surface area contributed by atoms with Crippen molar-refractivity contribution in [3.05, 3.63) is 59.2 Å². The van der Waals surface area contributed by atoms with Crippen LogP contribution in [0.5, 0.6) is 0 Å². The first kappa shape index (κ1) is 18.9. The summed E-state index contributed by atoms with van der Waals surface area (Å²) in [6, 6.07) is 7.59. The number of aliphatic hydroxyl groups excluding tert-OH is 1. The van der Waals surface area contributed by atoms with E-state index in [0.717, 1.165) is 16.2 Å². The first-order valence-electron chi connectivity index (χ1n) is 7.30. The Morgan fingerprint density at radius 2 is 2.00 bits per heavy atom. The monoisotopic (exact) mass is 324 g/mol.